The Kier molecular flexibility index (Phi) is 35.7. The first-order chi connectivity index (χ1) is 17.0. The van der Waals surface area contributed by atoms with Crippen molar-refractivity contribution >= 4 is 16.6 Å². The van der Waals surface area contributed by atoms with Gasteiger partial charge in [-0.15, -0.1) is 0 Å². The van der Waals surface area contributed by atoms with E-state index in [2.05, 4.69) is 83.1 Å². The number of hydrogen-bond acceptors (Lipinski definition) is 4. The van der Waals surface area contributed by atoms with Crippen molar-refractivity contribution in [2.45, 2.75) is 172 Å². The molecule has 2 atom stereocenters. The maximum atomic E-state index is 10.7. The first-order valence-corrected chi connectivity index (χ1v) is 21.0. The largest absolute Gasteiger partial charge is 0.432 e. The van der Waals surface area contributed by atoms with Crippen LogP contribution >= 0.6 is 0 Å². The summed E-state index contributed by atoms with van der Waals surface area (Å²) in [5.74, 6) is 3.86. The summed E-state index contributed by atoms with van der Waals surface area (Å²) >= 11 is 0. The molecule has 0 saturated heterocycles. The van der Waals surface area contributed by atoms with Gasteiger partial charge in [-0.2, -0.15) is 0 Å². The van der Waals surface area contributed by atoms with E-state index in [0.717, 1.165) is 49.1 Å². The molecule has 39 heavy (non-hydrogen) atoms. The summed E-state index contributed by atoms with van der Waals surface area (Å²) in [6, 6.07) is 6.44. The minimum atomic E-state index is -1.94. The maximum absolute atomic E-state index is 10.7. The normalized spacial score (nSPS) is 13.4. The van der Waals surface area contributed by atoms with Crippen LogP contribution in [0.3, 0.4) is 0 Å². The van der Waals surface area contributed by atoms with Gasteiger partial charge in [-0.05, 0) is 98.5 Å². The third-order valence-electron chi connectivity index (χ3n) is 5.91. The van der Waals surface area contributed by atoms with Crippen molar-refractivity contribution in [1.29, 1.82) is 0 Å². The van der Waals surface area contributed by atoms with Crippen LogP contribution in [0.1, 0.15) is 124 Å². The second-order valence-electron chi connectivity index (χ2n) is 14.6. The predicted octanol–water partition coefficient (Wildman–Crippen LogP) is 9.34. The fourth-order valence-corrected chi connectivity index (χ4v) is 15.2. The fourth-order valence-electron chi connectivity index (χ4n) is 5.06. The van der Waals surface area contributed by atoms with Crippen molar-refractivity contribution in [2.24, 2.45) is 35.5 Å². The van der Waals surface area contributed by atoms with Gasteiger partial charge in [0.15, 0.2) is 16.6 Å². The SMILES string of the molecule is CC(C)C[Si](O)(CC(C)C)CC(C)C.CC(C)C[Si](O)(CC(C)C)CC(C)C.CCC(C)O.CCC(C)O.[Zr]. The third kappa shape index (κ3) is 43.7. The van der Waals surface area contributed by atoms with Crippen LogP contribution in [0.4, 0.5) is 0 Å². The summed E-state index contributed by atoms with van der Waals surface area (Å²) in [6.45, 7) is 34.1. The van der Waals surface area contributed by atoms with E-state index in [4.69, 9.17) is 10.2 Å². The van der Waals surface area contributed by atoms with Crippen LogP contribution in [0.2, 0.25) is 36.3 Å². The van der Waals surface area contributed by atoms with Gasteiger partial charge >= 0.3 is 0 Å². The standard InChI is InChI=1S/2C12H28OSi.2C4H10O.Zr/c2*1-10(2)7-14(13,8-11(3)4)9-12(5)6;2*1-3-4(2)5;/h2*10-13H,7-9H2,1-6H3;2*4-5H,3H2,1-2H3;. The Morgan fingerprint density at radius 1 is 0.385 bits per heavy atom. The Morgan fingerprint density at radius 2 is 0.487 bits per heavy atom. The van der Waals surface area contributed by atoms with Crippen LogP contribution in [0.15, 0.2) is 0 Å². The van der Waals surface area contributed by atoms with Crippen LogP contribution in [0, 0.1) is 35.5 Å². The van der Waals surface area contributed by atoms with Gasteiger partial charge in [0, 0.05) is 26.2 Å². The van der Waals surface area contributed by atoms with Crippen molar-refractivity contribution in [1.82, 2.24) is 0 Å². The van der Waals surface area contributed by atoms with Gasteiger partial charge in [0.05, 0.1) is 12.2 Å². The number of aliphatic hydroxyl groups excluding tert-OH is 2. The quantitative estimate of drug-likeness (QED) is 0.139. The molecule has 0 aromatic heterocycles. The van der Waals surface area contributed by atoms with E-state index in [-0.39, 0.29) is 38.4 Å². The summed E-state index contributed by atoms with van der Waals surface area (Å²) in [5.41, 5.74) is 0. The molecule has 0 heterocycles. The summed E-state index contributed by atoms with van der Waals surface area (Å²) in [4.78, 5) is 21.3. The van der Waals surface area contributed by atoms with E-state index in [1.807, 2.05) is 13.8 Å². The average Bonchev–Trinajstić information content (AvgIpc) is 2.64. The molecule has 240 valence electrons. The molecule has 0 spiro atoms. The van der Waals surface area contributed by atoms with E-state index in [9.17, 15) is 9.59 Å². The molecule has 0 aliphatic heterocycles. The fraction of sp³-hybridized carbons (Fsp3) is 1.00. The second-order valence-corrected chi connectivity index (χ2v) is 21.9. The summed E-state index contributed by atoms with van der Waals surface area (Å²) < 4.78 is 0. The third-order valence-corrected chi connectivity index (χ3v) is 15.4. The van der Waals surface area contributed by atoms with Crippen LogP contribution in [0.5, 0.6) is 0 Å². The topological polar surface area (TPSA) is 80.9 Å². The van der Waals surface area contributed by atoms with Gasteiger partial charge in [-0.1, -0.05) is 96.9 Å². The van der Waals surface area contributed by atoms with Gasteiger partial charge in [0.2, 0.25) is 0 Å². The molecule has 0 aliphatic carbocycles. The molecular formula is C32H76O4Si2Zr. The van der Waals surface area contributed by atoms with Crippen LogP contribution in [-0.2, 0) is 26.2 Å². The van der Waals surface area contributed by atoms with Crippen LogP contribution in [0.25, 0.3) is 0 Å². The molecule has 2 unspecified atom stereocenters. The zero-order valence-electron chi connectivity index (χ0n) is 29.6. The monoisotopic (exact) mass is 670 g/mol. The van der Waals surface area contributed by atoms with E-state index >= 15 is 0 Å². The van der Waals surface area contributed by atoms with Gasteiger partial charge in [-0.3, -0.25) is 0 Å². The molecule has 4 nitrogen and oxygen atoms in total. The Balaban J connectivity index is -0.000000145. The van der Waals surface area contributed by atoms with Gasteiger partial charge in [0.25, 0.3) is 0 Å². The Bertz CT molecular complexity index is 400. The van der Waals surface area contributed by atoms with Crippen molar-refractivity contribution in [3.05, 3.63) is 0 Å². The predicted molar refractivity (Wildman–Crippen MR) is 178 cm³/mol. The molecule has 0 saturated carbocycles. The molecule has 4 N–H and O–H groups in total. The van der Waals surface area contributed by atoms with E-state index in [0.29, 0.717) is 35.5 Å². The molecule has 0 aromatic carbocycles. The van der Waals surface area contributed by atoms with Crippen molar-refractivity contribution in [2.75, 3.05) is 0 Å². The first-order valence-electron chi connectivity index (χ1n) is 15.8. The molecular weight excluding hydrogens is 596 g/mol. The summed E-state index contributed by atoms with van der Waals surface area (Å²) in [7, 11) is -3.88. The van der Waals surface area contributed by atoms with Gasteiger partial charge in [0.1, 0.15) is 0 Å². The molecule has 0 aliphatic rings. The number of hydrogen-bond donors (Lipinski definition) is 4. The zero-order chi connectivity index (χ0) is 31.3. The molecule has 0 fully saturated rings. The number of aliphatic hydroxyl groups is 2. The molecule has 0 aromatic rings. The maximum Gasteiger partial charge on any atom is 0.189 e. The Labute approximate surface area is 269 Å². The smallest absolute Gasteiger partial charge is 0.189 e. The Morgan fingerprint density at radius 3 is 0.538 bits per heavy atom. The van der Waals surface area contributed by atoms with E-state index in [1.54, 1.807) is 13.8 Å². The second kappa shape index (κ2) is 28.0. The Hall–Kier alpha value is 1.16. The summed E-state index contributed by atoms with van der Waals surface area (Å²) in [5, 5.41) is 16.7. The van der Waals surface area contributed by atoms with E-state index in [1.165, 1.54) is 0 Å². The van der Waals surface area contributed by atoms with Gasteiger partial charge in [-0.25, -0.2) is 0 Å². The first kappa shape index (κ1) is 49.8. The molecule has 0 amide bonds. The van der Waals surface area contributed by atoms with Crippen LogP contribution < -0.4 is 0 Å². The molecule has 0 rings (SSSR count). The summed E-state index contributed by atoms with van der Waals surface area (Å²) in [6.07, 6.45) is 1.49. The minimum absolute atomic E-state index is 0. The van der Waals surface area contributed by atoms with E-state index < -0.39 is 16.6 Å². The van der Waals surface area contributed by atoms with Crippen LogP contribution in [-0.4, -0.2) is 48.6 Å². The molecule has 0 radical (unpaired) electrons. The number of rotatable bonds is 14. The average molecular weight is 672 g/mol. The van der Waals surface area contributed by atoms with Gasteiger partial charge < -0.3 is 19.8 Å². The zero-order valence-corrected chi connectivity index (χ0v) is 34.0. The van der Waals surface area contributed by atoms with Crippen molar-refractivity contribution in [3.8, 4) is 0 Å². The van der Waals surface area contributed by atoms with Crippen molar-refractivity contribution in [3.63, 3.8) is 0 Å². The molecule has 0 bridgehead atoms. The molecule has 7 heteroatoms. The minimum Gasteiger partial charge on any atom is -0.432 e. The van der Waals surface area contributed by atoms with Crippen molar-refractivity contribution < 1.29 is 46.0 Å².